The predicted octanol–water partition coefficient (Wildman–Crippen LogP) is 9.38. The lowest BCUT2D eigenvalue weighted by atomic mass is 9.94. The summed E-state index contributed by atoms with van der Waals surface area (Å²) in [6.45, 7) is 6.52. The molecule has 1 unspecified atom stereocenters. The number of benzene rings is 5. The van der Waals surface area contributed by atoms with Gasteiger partial charge in [-0.15, -0.1) is 0 Å². The molecule has 3 N–H and O–H groups in total. The summed E-state index contributed by atoms with van der Waals surface area (Å²) in [5.41, 5.74) is 6.18. The van der Waals surface area contributed by atoms with Crippen molar-refractivity contribution in [2.45, 2.75) is 69.2 Å². The number of sulfonamides is 1. The lowest BCUT2D eigenvalue weighted by Gasteiger charge is -2.36. The van der Waals surface area contributed by atoms with Crippen LogP contribution in [0.15, 0.2) is 107 Å². The standard InChI is InChI=1S/C49H45Cl2N5O8S2/c1-28(2)24-53-49-54-29(3)48(65-49)66(60,61)56-25-37-22-44-43(63-27-45(64-44)35-13-15-38(16-14-35)62-26-32-8-17-39(50)40(51)18-32)21-36(37)20-42(56)46(57)55-41(47(58)59)19-30-4-9-33(10-5-30)34-11-6-31(23-52)7-12-34/h4-18,21-22,28,41-42,45H,19-20,24-27H2,1-3H3,(H,53,54)(H,55,57)(H,58,59)/t41?,42-,45+/m0/s1. The molecule has 0 radical (unpaired) electrons. The van der Waals surface area contributed by atoms with Crippen molar-refractivity contribution in [1.82, 2.24) is 14.6 Å². The highest BCUT2D eigenvalue weighted by Gasteiger charge is 2.43. The molecule has 1 amide bonds. The van der Waals surface area contributed by atoms with Gasteiger partial charge in [-0.25, -0.2) is 18.2 Å². The second-order valence-electron chi connectivity index (χ2n) is 16.5. The van der Waals surface area contributed by atoms with Crippen molar-refractivity contribution >= 4 is 61.6 Å². The number of aryl methyl sites for hydroxylation is 1. The SMILES string of the molecule is Cc1nc(NCC(C)C)sc1S(=O)(=O)N1Cc2cc3c(cc2C[C@H]1C(=O)NC(Cc1ccc(-c2ccc(C#N)cc2)cc1)C(=O)O)OC[C@H](c1ccc(OCc2ccc(Cl)c(Cl)c2)cc1)O3. The van der Waals surface area contributed by atoms with Gasteiger partial charge in [-0.2, -0.15) is 9.57 Å². The largest absolute Gasteiger partial charge is 0.489 e. The van der Waals surface area contributed by atoms with Gasteiger partial charge < -0.3 is 30.0 Å². The van der Waals surface area contributed by atoms with E-state index in [0.717, 1.165) is 37.9 Å². The fourth-order valence-corrected chi connectivity index (χ4v) is 11.1. The number of hydrogen-bond acceptors (Lipinski definition) is 11. The number of carbonyl (C=O) groups excluding carboxylic acids is 1. The van der Waals surface area contributed by atoms with E-state index in [1.807, 2.05) is 68.4 Å². The van der Waals surface area contributed by atoms with Crippen LogP contribution in [-0.4, -0.2) is 59.9 Å². The van der Waals surface area contributed by atoms with Crippen LogP contribution >= 0.6 is 34.5 Å². The lowest BCUT2D eigenvalue weighted by Crippen LogP contribution is -2.55. The number of amides is 1. The van der Waals surface area contributed by atoms with Crippen molar-refractivity contribution in [3.63, 3.8) is 0 Å². The maximum atomic E-state index is 14.8. The molecule has 2 aliphatic heterocycles. The highest BCUT2D eigenvalue weighted by atomic mass is 35.5. The molecular formula is C49H45Cl2N5O8S2. The van der Waals surface area contributed by atoms with Gasteiger partial charge in [0.25, 0.3) is 10.0 Å². The van der Waals surface area contributed by atoms with Gasteiger partial charge in [-0.1, -0.05) is 103 Å². The quantitative estimate of drug-likeness (QED) is 0.0893. The molecule has 0 saturated heterocycles. The zero-order valence-electron chi connectivity index (χ0n) is 36.1. The van der Waals surface area contributed by atoms with Crippen LogP contribution < -0.4 is 24.8 Å². The summed E-state index contributed by atoms with van der Waals surface area (Å²) in [6, 6.07) is 30.0. The van der Waals surface area contributed by atoms with Crippen LogP contribution in [0.3, 0.4) is 0 Å². The van der Waals surface area contributed by atoms with Crippen molar-refractivity contribution < 1.29 is 37.3 Å². The Hall–Kier alpha value is -6.15. The number of carboxylic acids is 1. The number of carboxylic acid groups (broad SMARTS) is 1. The second-order valence-corrected chi connectivity index (χ2v) is 20.4. The fourth-order valence-electron chi connectivity index (χ4n) is 7.71. The van der Waals surface area contributed by atoms with Crippen LogP contribution in [0.1, 0.15) is 59.0 Å². The van der Waals surface area contributed by atoms with Crippen molar-refractivity contribution in [2.75, 3.05) is 18.5 Å². The molecule has 66 heavy (non-hydrogen) atoms. The number of aromatic nitrogens is 1. The van der Waals surface area contributed by atoms with Crippen LogP contribution in [-0.2, 0) is 45.6 Å². The van der Waals surface area contributed by atoms with Gasteiger partial charge in [0, 0.05) is 19.5 Å². The minimum absolute atomic E-state index is 0.0193. The number of ether oxygens (including phenoxy) is 3. The molecule has 0 bridgehead atoms. The smallest absolute Gasteiger partial charge is 0.326 e. The van der Waals surface area contributed by atoms with Crippen LogP contribution in [0.25, 0.3) is 11.1 Å². The Morgan fingerprint density at radius 3 is 2.29 bits per heavy atom. The highest BCUT2D eigenvalue weighted by Crippen LogP contribution is 2.43. The van der Waals surface area contributed by atoms with Crippen molar-refractivity contribution in [1.29, 1.82) is 5.26 Å². The molecule has 340 valence electrons. The normalized spacial score (nSPS) is 16.2. The van der Waals surface area contributed by atoms with Gasteiger partial charge in [0.05, 0.1) is 27.4 Å². The summed E-state index contributed by atoms with van der Waals surface area (Å²) in [7, 11) is -4.38. The van der Waals surface area contributed by atoms with E-state index in [-0.39, 0.29) is 41.8 Å². The molecule has 0 fully saturated rings. The highest BCUT2D eigenvalue weighted by molar-refractivity contribution is 7.91. The van der Waals surface area contributed by atoms with Gasteiger partial charge in [0.2, 0.25) is 5.91 Å². The molecule has 1 aromatic heterocycles. The lowest BCUT2D eigenvalue weighted by molar-refractivity contribution is -0.142. The van der Waals surface area contributed by atoms with Crippen LogP contribution in [0.5, 0.6) is 17.2 Å². The fraction of sp³-hybridized carbons (Fsp3) is 0.265. The summed E-state index contributed by atoms with van der Waals surface area (Å²) in [6.07, 6.45) is -0.609. The van der Waals surface area contributed by atoms with Crippen molar-refractivity contribution in [3.8, 4) is 34.4 Å². The number of anilines is 1. The van der Waals surface area contributed by atoms with E-state index in [9.17, 15) is 23.1 Å². The van der Waals surface area contributed by atoms with E-state index < -0.39 is 40.1 Å². The van der Waals surface area contributed by atoms with E-state index in [4.69, 9.17) is 42.7 Å². The Morgan fingerprint density at radius 2 is 1.62 bits per heavy atom. The first-order valence-electron chi connectivity index (χ1n) is 21.1. The van der Waals surface area contributed by atoms with Gasteiger partial charge in [-0.05, 0) is 107 Å². The van der Waals surface area contributed by atoms with Crippen molar-refractivity contribution in [3.05, 3.63) is 152 Å². The number of nitrogens with zero attached hydrogens (tertiary/aromatic N) is 3. The van der Waals surface area contributed by atoms with Gasteiger partial charge in [0.15, 0.2) is 26.9 Å². The van der Waals surface area contributed by atoms with E-state index in [1.165, 1.54) is 0 Å². The molecular weight excluding hydrogens is 922 g/mol. The van der Waals surface area contributed by atoms with E-state index in [0.29, 0.717) is 67.8 Å². The first-order valence-corrected chi connectivity index (χ1v) is 24.1. The third-order valence-corrected chi connectivity index (χ3v) is 15.6. The Morgan fingerprint density at radius 1 is 0.939 bits per heavy atom. The number of halogens is 2. The van der Waals surface area contributed by atoms with Gasteiger partial charge in [0.1, 0.15) is 31.0 Å². The number of hydrogen-bond donors (Lipinski definition) is 3. The van der Waals surface area contributed by atoms with E-state index in [2.05, 4.69) is 21.7 Å². The number of aliphatic carboxylic acids is 1. The summed E-state index contributed by atoms with van der Waals surface area (Å²) >= 11 is 13.2. The van der Waals surface area contributed by atoms with Crippen LogP contribution in [0.4, 0.5) is 5.13 Å². The molecule has 8 rings (SSSR count). The van der Waals surface area contributed by atoms with E-state index in [1.54, 1.807) is 55.5 Å². The Kier molecular flexibility index (Phi) is 13.9. The minimum atomic E-state index is -4.38. The third-order valence-electron chi connectivity index (χ3n) is 11.3. The molecule has 3 atom stereocenters. The molecule has 13 nitrogen and oxygen atoms in total. The minimum Gasteiger partial charge on any atom is -0.489 e. The molecule has 0 spiro atoms. The summed E-state index contributed by atoms with van der Waals surface area (Å²) < 4.78 is 49.3. The average Bonchev–Trinajstić information content (AvgIpc) is 3.71. The molecule has 5 aromatic carbocycles. The zero-order valence-corrected chi connectivity index (χ0v) is 39.2. The number of nitrogens with one attached hydrogen (secondary N) is 2. The number of fused-ring (bicyclic) bond motifs is 2. The number of carbonyl (C=O) groups is 2. The maximum absolute atomic E-state index is 14.8. The van der Waals surface area contributed by atoms with E-state index >= 15 is 0 Å². The second kappa shape index (κ2) is 19.8. The molecule has 0 aliphatic carbocycles. The van der Waals surface area contributed by atoms with Crippen molar-refractivity contribution in [2.24, 2.45) is 5.92 Å². The summed E-state index contributed by atoms with van der Waals surface area (Å²) in [5.74, 6) is -0.265. The maximum Gasteiger partial charge on any atom is 0.326 e. The number of rotatable bonds is 15. The average molecular weight is 967 g/mol. The third kappa shape index (κ3) is 10.4. The topological polar surface area (TPSA) is 180 Å². The predicted molar refractivity (Wildman–Crippen MR) is 253 cm³/mol. The number of nitriles is 1. The monoisotopic (exact) mass is 965 g/mol. The number of thiazole rings is 1. The molecule has 2 aliphatic rings. The van der Waals surface area contributed by atoms with Gasteiger partial charge >= 0.3 is 5.97 Å². The molecule has 3 heterocycles. The molecule has 17 heteroatoms. The summed E-state index contributed by atoms with van der Waals surface area (Å²) in [5, 5.41) is 26.7. The Labute approximate surface area is 396 Å². The Balaban J connectivity index is 1.03. The Bertz CT molecular complexity index is 2920. The van der Waals surface area contributed by atoms with Gasteiger partial charge in [-0.3, -0.25) is 4.79 Å². The van der Waals surface area contributed by atoms with Crippen LogP contribution in [0, 0.1) is 24.2 Å². The van der Waals surface area contributed by atoms with Crippen LogP contribution in [0.2, 0.25) is 10.0 Å². The molecule has 6 aromatic rings. The first-order chi connectivity index (χ1) is 31.6. The first kappa shape index (κ1) is 46.4. The zero-order chi connectivity index (χ0) is 46.7. The molecule has 0 saturated carbocycles. The summed E-state index contributed by atoms with van der Waals surface area (Å²) in [4.78, 5) is 31.6.